The van der Waals surface area contributed by atoms with Gasteiger partial charge in [-0.2, -0.15) is 0 Å². The first-order valence-corrected chi connectivity index (χ1v) is 5.36. The fourth-order valence-electron chi connectivity index (χ4n) is 1.03. The van der Waals surface area contributed by atoms with Crippen LogP contribution in [-0.4, -0.2) is 17.9 Å². The number of carbonyl (C=O) groups is 1. The molecule has 0 bridgehead atoms. The lowest BCUT2D eigenvalue weighted by molar-refractivity contribution is -0.115. The summed E-state index contributed by atoms with van der Waals surface area (Å²) >= 11 is 5.63. The van der Waals surface area contributed by atoms with E-state index in [2.05, 4.69) is 11.9 Å². The normalized spacial score (nSPS) is 11.6. The molecule has 0 aromatic heterocycles. The van der Waals surface area contributed by atoms with E-state index in [9.17, 15) is 4.79 Å². The average Bonchev–Trinajstić information content (AvgIpc) is 2.28. The minimum atomic E-state index is -0.545. The van der Waals surface area contributed by atoms with Crippen molar-refractivity contribution in [1.82, 2.24) is 0 Å². The molecule has 1 aromatic carbocycles. The fraction of sp³-hybridized carbons (Fsp3) is 0.250. The Bertz CT molecular complexity index is 360. The van der Waals surface area contributed by atoms with Crippen LogP contribution in [0.15, 0.2) is 36.9 Å². The van der Waals surface area contributed by atoms with Gasteiger partial charge in [-0.3, -0.25) is 4.79 Å². The van der Waals surface area contributed by atoms with Crippen LogP contribution in [0.3, 0.4) is 0 Å². The second kappa shape index (κ2) is 6.18. The van der Waals surface area contributed by atoms with Crippen molar-refractivity contribution in [3.05, 3.63) is 36.9 Å². The SMILES string of the molecule is C=CCOc1ccc(NC(=O)C(C)Cl)cc1. The molecule has 1 aromatic rings. The zero-order valence-electron chi connectivity index (χ0n) is 9.07. The highest BCUT2D eigenvalue weighted by atomic mass is 35.5. The number of amides is 1. The number of hydrogen-bond donors (Lipinski definition) is 1. The van der Waals surface area contributed by atoms with Gasteiger partial charge in [0, 0.05) is 5.69 Å². The number of carbonyl (C=O) groups excluding carboxylic acids is 1. The molecule has 0 aliphatic carbocycles. The Morgan fingerprint density at radius 1 is 1.56 bits per heavy atom. The standard InChI is InChI=1S/C12H14ClNO2/c1-3-8-16-11-6-4-10(5-7-11)14-12(15)9(2)13/h3-7,9H,1,8H2,2H3,(H,14,15). The van der Waals surface area contributed by atoms with Gasteiger partial charge in [0.15, 0.2) is 0 Å². The number of anilines is 1. The van der Waals surface area contributed by atoms with Crippen LogP contribution >= 0.6 is 11.6 Å². The molecule has 1 rings (SSSR count). The molecule has 0 saturated carbocycles. The highest BCUT2D eigenvalue weighted by Crippen LogP contribution is 2.16. The second-order valence-electron chi connectivity index (χ2n) is 3.23. The lowest BCUT2D eigenvalue weighted by atomic mass is 10.3. The van der Waals surface area contributed by atoms with Crippen molar-refractivity contribution in [2.45, 2.75) is 12.3 Å². The Morgan fingerprint density at radius 3 is 2.69 bits per heavy atom. The van der Waals surface area contributed by atoms with Crippen LogP contribution in [0.5, 0.6) is 5.75 Å². The monoisotopic (exact) mass is 239 g/mol. The number of benzene rings is 1. The van der Waals surface area contributed by atoms with E-state index in [-0.39, 0.29) is 5.91 Å². The van der Waals surface area contributed by atoms with Gasteiger partial charge in [-0.1, -0.05) is 12.7 Å². The highest BCUT2D eigenvalue weighted by Gasteiger charge is 2.08. The van der Waals surface area contributed by atoms with Crippen molar-refractivity contribution in [1.29, 1.82) is 0 Å². The van der Waals surface area contributed by atoms with Crippen LogP contribution in [0, 0.1) is 0 Å². The van der Waals surface area contributed by atoms with Gasteiger partial charge >= 0.3 is 0 Å². The Morgan fingerprint density at radius 2 is 2.19 bits per heavy atom. The van der Waals surface area contributed by atoms with Crippen LogP contribution < -0.4 is 10.1 Å². The van der Waals surface area contributed by atoms with Crippen LogP contribution in [0.4, 0.5) is 5.69 Å². The first-order chi connectivity index (χ1) is 7.63. The zero-order chi connectivity index (χ0) is 12.0. The number of halogens is 1. The van der Waals surface area contributed by atoms with E-state index in [4.69, 9.17) is 16.3 Å². The smallest absolute Gasteiger partial charge is 0.242 e. The molecule has 1 N–H and O–H groups in total. The van der Waals surface area contributed by atoms with Gasteiger partial charge in [0.05, 0.1) is 0 Å². The zero-order valence-corrected chi connectivity index (χ0v) is 9.83. The summed E-state index contributed by atoms with van der Waals surface area (Å²) in [4.78, 5) is 11.3. The van der Waals surface area contributed by atoms with Crippen molar-refractivity contribution >= 4 is 23.2 Å². The van der Waals surface area contributed by atoms with Gasteiger partial charge in [0.25, 0.3) is 0 Å². The van der Waals surface area contributed by atoms with E-state index in [1.807, 2.05) is 0 Å². The van der Waals surface area contributed by atoms with E-state index < -0.39 is 5.38 Å². The predicted molar refractivity (Wildman–Crippen MR) is 66.1 cm³/mol. The first kappa shape index (κ1) is 12.6. The Kier molecular flexibility index (Phi) is 4.86. The summed E-state index contributed by atoms with van der Waals surface area (Å²) in [7, 11) is 0. The maximum absolute atomic E-state index is 11.3. The molecule has 16 heavy (non-hydrogen) atoms. The molecule has 0 aliphatic rings. The molecule has 1 unspecified atom stereocenters. The molecule has 1 amide bonds. The number of ether oxygens (including phenoxy) is 1. The van der Waals surface area contributed by atoms with Crippen LogP contribution in [0.25, 0.3) is 0 Å². The number of hydrogen-bond acceptors (Lipinski definition) is 2. The number of nitrogens with one attached hydrogen (secondary N) is 1. The Labute approximate surface area is 100 Å². The Hall–Kier alpha value is -1.48. The van der Waals surface area contributed by atoms with E-state index in [0.29, 0.717) is 12.3 Å². The van der Waals surface area contributed by atoms with Gasteiger partial charge in [-0.15, -0.1) is 11.6 Å². The maximum Gasteiger partial charge on any atom is 0.242 e. The number of rotatable bonds is 5. The molecule has 0 radical (unpaired) electrons. The maximum atomic E-state index is 11.3. The van der Waals surface area contributed by atoms with Crippen LogP contribution in [0.1, 0.15) is 6.92 Å². The molecule has 0 fully saturated rings. The summed E-state index contributed by atoms with van der Waals surface area (Å²) in [5.74, 6) is 0.512. The lowest BCUT2D eigenvalue weighted by Crippen LogP contribution is -2.20. The van der Waals surface area contributed by atoms with Gasteiger partial charge in [-0.05, 0) is 31.2 Å². The lowest BCUT2D eigenvalue weighted by Gasteiger charge is -2.07. The van der Waals surface area contributed by atoms with E-state index in [1.165, 1.54) is 0 Å². The average molecular weight is 240 g/mol. The summed E-state index contributed by atoms with van der Waals surface area (Å²) in [5.41, 5.74) is 0.698. The van der Waals surface area contributed by atoms with Crippen molar-refractivity contribution < 1.29 is 9.53 Å². The van der Waals surface area contributed by atoms with Gasteiger partial charge in [0.1, 0.15) is 17.7 Å². The molecule has 86 valence electrons. The van der Waals surface area contributed by atoms with Crippen LogP contribution in [0.2, 0.25) is 0 Å². The Balaban J connectivity index is 2.57. The summed E-state index contributed by atoms with van der Waals surface area (Å²) in [6.45, 7) is 5.64. The molecule has 3 nitrogen and oxygen atoms in total. The second-order valence-corrected chi connectivity index (χ2v) is 3.88. The van der Waals surface area contributed by atoms with Crippen LogP contribution in [-0.2, 0) is 4.79 Å². The van der Waals surface area contributed by atoms with Gasteiger partial charge in [0.2, 0.25) is 5.91 Å². The highest BCUT2D eigenvalue weighted by molar-refractivity contribution is 6.32. The first-order valence-electron chi connectivity index (χ1n) is 4.92. The molecule has 0 saturated heterocycles. The van der Waals surface area contributed by atoms with Gasteiger partial charge < -0.3 is 10.1 Å². The minimum Gasteiger partial charge on any atom is -0.490 e. The third-order valence-electron chi connectivity index (χ3n) is 1.85. The van der Waals surface area contributed by atoms with Crippen molar-refractivity contribution in [2.24, 2.45) is 0 Å². The minimum absolute atomic E-state index is 0.221. The summed E-state index contributed by atoms with van der Waals surface area (Å²) in [5, 5.41) is 2.13. The quantitative estimate of drug-likeness (QED) is 0.634. The summed E-state index contributed by atoms with van der Waals surface area (Å²) in [6, 6.07) is 7.07. The third kappa shape index (κ3) is 3.95. The van der Waals surface area contributed by atoms with Crippen molar-refractivity contribution in [3.63, 3.8) is 0 Å². The van der Waals surface area contributed by atoms with Crippen molar-refractivity contribution in [2.75, 3.05) is 11.9 Å². The third-order valence-corrected chi connectivity index (χ3v) is 2.05. The van der Waals surface area contributed by atoms with E-state index in [1.54, 1.807) is 37.3 Å². The molecule has 0 aliphatic heterocycles. The predicted octanol–water partition coefficient (Wildman–Crippen LogP) is 2.82. The topological polar surface area (TPSA) is 38.3 Å². The molecular weight excluding hydrogens is 226 g/mol. The largest absolute Gasteiger partial charge is 0.490 e. The van der Waals surface area contributed by atoms with E-state index in [0.717, 1.165) is 5.75 Å². The summed E-state index contributed by atoms with van der Waals surface area (Å²) < 4.78 is 5.31. The van der Waals surface area contributed by atoms with Crippen molar-refractivity contribution in [3.8, 4) is 5.75 Å². The molecular formula is C12H14ClNO2. The van der Waals surface area contributed by atoms with E-state index >= 15 is 0 Å². The fourth-order valence-corrected chi connectivity index (χ4v) is 1.09. The van der Waals surface area contributed by atoms with Gasteiger partial charge in [-0.25, -0.2) is 0 Å². The molecule has 0 heterocycles. The number of alkyl halides is 1. The molecule has 4 heteroatoms. The molecule has 1 atom stereocenters. The molecule has 0 spiro atoms. The summed E-state index contributed by atoms with van der Waals surface area (Å²) in [6.07, 6.45) is 1.67.